The van der Waals surface area contributed by atoms with Gasteiger partial charge in [-0.1, -0.05) is 66.7 Å². The zero-order valence-electron chi connectivity index (χ0n) is 12.9. The van der Waals surface area contributed by atoms with Crippen LogP contribution in [0.2, 0.25) is 0 Å². The van der Waals surface area contributed by atoms with Crippen molar-refractivity contribution in [3.05, 3.63) is 77.9 Å². The van der Waals surface area contributed by atoms with Crippen LogP contribution in [0.1, 0.15) is 30.4 Å². The maximum absolute atomic E-state index is 3.48. The van der Waals surface area contributed by atoms with Gasteiger partial charge in [0.25, 0.3) is 0 Å². The van der Waals surface area contributed by atoms with Gasteiger partial charge in [0, 0.05) is 18.0 Å². The summed E-state index contributed by atoms with van der Waals surface area (Å²) in [5.41, 5.74) is 11.2. The first kappa shape index (κ1) is 13.7. The fraction of sp³-hybridized carbons (Fsp3) is 0.300. The normalized spacial score (nSPS) is 30.7. The first-order valence-electron chi connectivity index (χ1n) is 8.15. The van der Waals surface area contributed by atoms with Gasteiger partial charge in [0.15, 0.2) is 0 Å². The number of hydrogen-bond donors (Lipinski definition) is 2. The summed E-state index contributed by atoms with van der Waals surface area (Å²) in [7, 11) is 0. The molecule has 22 heavy (non-hydrogen) atoms. The van der Waals surface area contributed by atoms with Crippen molar-refractivity contribution in [2.45, 2.75) is 31.3 Å². The fourth-order valence-electron chi connectivity index (χ4n) is 4.05. The molecule has 0 amide bonds. The van der Waals surface area contributed by atoms with E-state index in [4.69, 9.17) is 0 Å². The van der Waals surface area contributed by atoms with E-state index in [9.17, 15) is 0 Å². The highest BCUT2D eigenvalue weighted by Gasteiger charge is 2.41. The van der Waals surface area contributed by atoms with Crippen LogP contribution in [0, 0.1) is 5.92 Å². The Hall–Kier alpha value is -1.90. The first-order chi connectivity index (χ1) is 10.8. The molecule has 1 heterocycles. The molecule has 4 rings (SSSR count). The highest BCUT2D eigenvalue weighted by atomic mass is 15.4. The Morgan fingerprint density at radius 2 is 1.55 bits per heavy atom. The van der Waals surface area contributed by atoms with E-state index in [-0.39, 0.29) is 0 Å². The summed E-state index contributed by atoms with van der Waals surface area (Å²) >= 11 is 0. The molecule has 1 saturated heterocycles. The summed E-state index contributed by atoms with van der Waals surface area (Å²) in [4.78, 5) is 0. The number of benzene rings is 2. The van der Waals surface area contributed by atoms with E-state index < -0.39 is 0 Å². The molecule has 2 nitrogen and oxygen atoms in total. The van der Waals surface area contributed by atoms with Gasteiger partial charge in [-0.05, 0) is 36.0 Å². The summed E-state index contributed by atoms with van der Waals surface area (Å²) < 4.78 is 0. The molecule has 2 aromatic rings. The van der Waals surface area contributed by atoms with Crippen molar-refractivity contribution in [2.75, 3.05) is 0 Å². The quantitative estimate of drug-likeness (QED) is 0.880. The highest BCUT2D eigenvalue weighted by Crippen LogP contribution is 2.43. The Kier molecular flexibility index (Phi) is 3.57. The molecule has 1 aliphatic heterocycles. The monoisotopic (exact) mass is 290 g/mol. The molecule has 4 atom stereocenters. The fourth-order valence-corrected chi connectivity index (χ4v) is 4.05. The van der Waals surface area contributed by atoms with Crippen molar-refractivity contribution >= 4 is 5.57 Å². The average Bonchev–Trinajstić information content (AvgIpc) is 2.97. The van der Waals surface area contributed by atoms with Crippen LogP contribution in [0.5, 0.6) is 0 Å². The Labute approximate surface area is 132 Å². The number of hydrogen-bond acceptors (Lipinski definition) is 2. The average molecular weight is 290 g/mol. The minimum Gasteiger partial charge on any atom is -0.254 e. The van der Waals surface area contributed by atoms with Gasteiger partial charge in [-0.3, -0.25) is 10.9 Å². The number of hydrazine groups is 1. The van der Waals surface area contributed by atoms with Gasteiger partial charge in [0.2, 0.25) is 0 Å². The van der Waals surface area contributed by atoms with Crippen molar-refractivity contribution in [2.24, 2.45) is 5.92 Å². The van der Waals surface area contributed by atoms with Crippen LogP contribution in [0.3, 0.4) is 0 Å². The Bertz CT molecular complexity index is 663. The van der Waals surface area contributed by atoms with Gasteiger partial charge in [0.05, 0.1) is 0 Å². The van der Waals surface area contributed by atoms with E-state index in [1.807, 2.05) is 0 Å². The molecule has 112 valence electrons. The van der Waals surface area contributed by atoms with Crippen LogP contribution in [-0.2, 0) is 0 Å². The van der Waals surface area contributed by atoms with Crippen molar-refractivity contribution < 1.29 is 0 Å². The second-order valence-corrected chi connectivity index (χ2v) is 6.46. The number of allylic oxidation sites excluding steroid dienone is 1. The summed E-state index contributed by atoms with van der Waals surface area (Å²) in [6, 6.07) is 22.7. The zero-order chi connectivity index (χ0) is 14.9. The largest absolute Gasteiger partial charge is 0.254 e. The van der Waals surface area contributed by atoms with Crippen LogP contribution in [-0.4, -0.2) is 12.1 Å². The van der Waals surface area contributed by atoms with Gasteiger partial charge in [-0.25, -0.2) is 0 Å². The summed E-state index contributed by atoms with van der Waals surface area (Å²) in [5.74, 6) is 1.17. The summed E-state index contributed by atoms with van der Waals surface area (Å²) in [5, 5.41) is 0. The molecule has 2 aromatic carbocycles. The Morgan fingerprint density at radius 1 is 0.864 bits per heavy atom. The van der Waals surface area contributed by atoms with Crippen molar-refractivity contribution in [1.82, 2.24) is 10.9 Å². The highest BCUT2D eigenvalue weighted by molar-refractivity contribution is 5.68. The van der Waals surface area contributed by atoms with Crippen LogP contribution in [0.25, 0.3) is 5.57 Å². The third-order valence-corrected chi connectivity index (χ3v) is 5.13. The molecule has 2 aliphatic rings. The van der Waals surface area contributed by atoms with E-state index in [0.29, 0.717) is 23.9 Å². The van der Waals surface area contributed by atoms with Crippen LogP contribution in [0.4, 0.5) is 0 Å². The third kappa shape index (κ3) is 2.39. The molecule has 1 aliphatic carbocycles. The van der Waals surface area contributed by atoms with Crippen LogP contribution in [0.15, 0.2) is 66.7 Å². The molecule has 0 saturated carbocycles. The third-order valence-electron chi connectivity index (χ3n) is 5.13. The molecule has 0 spiro atoms. The lowest BCUT2D eigenvalue weighted by atomic mass is 9.70. The molecule has 2 heteroatoms. The maximum atomic E-state index is 3.48. The van der Waals surface area contributed by atoms with Crippen molar-refractivity contribution in [3.63, 3.8) is 0 Å². The SMILES string of the molecule is CC1NNC2C=C(c3ccccc3)CC(c3ccccc3)C12. The standard InChI is InChI=1S/C20H22N2/c1-14-20-18(16-10-6-3-7-11-16)12-17(13-19(20)22-21-14)15-8-4-2-5-9-15/h2-11,13-14,18-22H,12H2,1H3. The lowest BCUT2D eigenvalue weighted by molar-refractivity contribution is 0.372. The molecule has 2 N–H and O–H groups in total. The zero-order valence-corrected chi connectivity index (χ0v) is 12.9. The predicted octanol–water partition coefficient (Wildman–Crippen LogP) is 3.74. The molecule has 4 unspecified atom stereocenters. The topological polar surface area (TPSA) is 24.1 Å². The van der Waals surface area contributed by atoms with E-state index in [2.05, 4.69) is 84.5 Å². The summed E-state index contributed by atoms with van der Waals surface area (Å²) in [6.45, 7) is 2.29. The maximum Gasteiger partial charge on any atom is 0.0448 e. The van der Waals surface area contributed by atoms with E-state index in [1.54, 1.807) is 0 Å². The predicted molar refractivity (Wildman–Crippen MR) is 91.2 cm³/mol. The lowest BCUT2D eigenvalue weighted by Gasteiger charge is -2.34. The van der Waals surface area contributed by atoms with E-state index in [1.165, 1.54) is 16.7 Å². The first-order valence-corrected chi connectivity index (χ1v) is 8.15. The molecule has 0 radical (unpaired) electrons. The van der Waals surface area contributed by atoms with Gasteiger partial charge >= 0.3 is 0 Å². The van der Waals surface area contributed by atoms with E-state index >= 15 is 0 Å². The van der Waals surface area contributed by atoms with Crippen LogP contribution < -0.4 is 10.9 Å². The second-order valence-electron chi connectivity index (χ2n) is 6.46. The number of fused-ring (bicyclic) bond motifs is 1. The number of nitrogens with one attached hydrogen (secondary N) is 2. The smallest absolute Gasteiger partial charge is 0.0448 e. The minimum atomic E-state index is 0.407. The van der Waals surface area contributed by atoms with E-state index in [0.717, 1.165) is 6.42 Å². The van der Waals surface area contributed by atoms with Gasteiger partial charge in [-0.15, -0.1) is 0 Å². The molecule has 0 bridgehead atoms. The number of rotatable bonds is 2. The molecular formula is C20H22N2. The van der Waals surface area contributed by atoms with Crippen LogP contribution >= 0.6 is 0 Å². The lowest BCUT2D eigenvalue weighted by Crippen LogP contribution is -2.34. The molecule has 0 aromatic heterocycles. The Morgan fingerprint density at radius 3 is 2.27 bits per heavy atom. The van der Waals surface area contributed by atoms with Gasteiger partial charge < -0.3 is 0 Å². The van der Waals surface area contributed by atoms with Gasteiger partial charge in [-0.2, -0.15) is 0 Å². The van der Waals surface area contributed by atoms with Crippen molar-refractivity contribution in [1.29, 1.82) is 0 Å². The van der Waals surface area contributed by atoms with Gasteiger partial charge in [0.1, 0.15) is 0 Å². The van der Waals surface area contributed by atoms with Crippen molar-refractivity contribution in [3.8, 4) is 0 Å². The Balaban J connectivity index is 1.74. The minimum absolute atomic E-state index is 0.407. The molecule has 1 fully saturated rings. The second kappa shape index (κ2) is 5.71. The summed E-state index contributed by atoms with van der Waals surface area (Å²) in [6.07, 6.45) is 3.54. The molecular weight excluding hydrogens is 268 g/mol.